The van der Waals surface area contributed by atoms with Gasteiger partial charge in [0.1, 0.15) is 11.3 Å². The maximum atomic E-state index is 13.2. The summed E-state index contributed by atoms with van der Waals surface area (Å²) in [6.07, 6.45) is 1.62. The second-order valence-corrected chi connectivity index (χ2v) is 7.87. The number of benzene rings is 1. The predicted molar refractivity (Wildman–Crippen MR) is 113 cm³/mol. The molecule has 4 rings (SSSR count). The number of fused-ring (bicyclic) bond motifs is 1. The van der Waals surface area contributed by atoms with E-state index in [1.165, 1.54) is 12.1 Å². The number of rotatable bonds is 4. The topological polar surface area (TPSA) is 71.3 Å². The van der Waals surface area contributed by atoms with Gasteiger partial charge in [0, 0.05) is 44.6 Å². The number of aromatic nitrogens is 3. The van der Waals surface area contributed by atoms with Crippen molar-refractivity contribution in [1.29, 1.82) is 0 Å². The van der Waals surface area contributed by atoms with E-state index in [2.05, 4.69) is 14.9 Å². The van der Waals surface area contributed by atoms with Crippen LogP contribution in [0.15, 0.2) is 47.4 Å². The molecule has 3 heterocycles. The zero-order valence-electron chi connectivity index (χ0n) is 17.1. The fraction of sp³-hybridized carbons (Fsp3) is 0.364. The molecule has 0 bridgehead atoms. The summed E-state index contributed by atoms with van der Waals surface area (Å²) in [5.41, 5.74) is 1.48. The van der Waals surface area contributed by atoms with Gasteiger partial charge in [-0.3, -0.25) is 14.2 Å². The van der Waals surface area contributed by atoms with E-state index in [1.54, 1.807) is 39.9 Å². The van der Waals surface area contributed by atoms with E-state index >= 15 is 0 Å². The Bertz CT molecular complexity index is 1120. The molecule has 0 N–H and O–H groups in total. The van der Waals surface area contributed by atoms with E-state index < -0.39 is 5.56 Å². The summed E-state index contributed by atoms with van der Waals surface area (Å²) in [6, 6.07) is 9.83. The van der Waals surface area contributed by atoms with E-state index in [4.69, 9.17) is 0 Å². The maximum absolute atomic E-state index is 13.2. The Balaban J connectivity index is 1.58. The molecule has 0 radical (unpaired) electrons. The van der Waals surface area contributed by atoms with Gasteiger partial charge in [0.2, 0.25) is 0 Å². The number of carbonyl (C=O) groups is 1. The van der Waals surface area contributed by atoms with Gasteiger partial charge in [-0.2, -0.15) is 0 Å². The Morgan fingerprint density at radius 2 is 1.80 bits per heavy atom. The van der Waals surface area contributed by atoms with Crippen LogP contribution >= 0.6 is 0 Å². The van der Waals surface area contributed by atoms with Crippen molar-refractivity contribution in [2.45, 2.75) is 20.4 Å². The molecule has 0 spiro atoms. The summed E-state index contributed by atoms with van der Waals surface area (Å²) < 4.78 is 14.7. The highest BCUT2D eigenvalue weighted by Gasteiger charge is 2.27. The molecule has 8 heteroatoms. The number of pyridine rings is 1. The molecule has 2 aromatic heterocycles. The van der Waals surface area contributed by atoms with E-state index in [1.807, 2.05) is 13.8 Å². The molecule has 0 unspecified atom stereocenters. The lowest BCUT2D eigenvalue weighted by molar-refractivity contribution is 0.0738. The molecule has 0 aliphatic carbocycles. The lowest BCUT2D eigenvalue weighted by atomic mass is 10.2. The van der Waals surface area contributed by atoms with Crippen LogP contribution < -0.4 is 10.5 Å². The highest BCUT2D eigenvalue weighted by molar-refractivity contribution is 5.93. The number of carbonyl (C=O) groups excluding carboxylic acids is 1. The van der Waals surface area contributed by atoms with Gasteiger partial charge in [-0.1, -0.05) is 13.8 Å². The van der Waals surface area contributed by atoms with Gasteiger partial charge >= 0.3 is 0 Å². The Labute approximate surface area is 173 Å². The lowest BCUT2D eigenvalue weighted by Gasteiger charge is -2.36. The smallest absolute Gasteiger partial charge is 0.283 e. The standard InChI is InChI=1S/C22H24FN5O2/c1-15(2)14-28-20-18(4-3-9-24-20)25-19(22(28)30)21(29)27-12-10-26(11-13-27)17-7-5-16(23)6-8-17/h3-9,15H,10-14H2,1-2H3. The van der Waals surface area contributed by atoms with Crippen LogP contribution in [0.4, 0.5) is 10.1 Å². The van der Waals surface area contributed by atoms with Crippen LogP contribution in [-0.4, -0.2) is 51.5 Å². The van der Waals surface area contributed by atoms with Gasteiger partial charge in [0.05, 0.1) is 0 Å². The van der Waals surface area contributed by atoms with E-state index in [0.717, 1.165) is 5.69 Å². The third-order valence-electron chi connectivity index (χ3n) is 5.21. The Kier molecular flexibility index (Phi) is 5.48. The summed E-state index contributed by atoms with van der Waals surface area (Å²) >= 11 is 0. The fourth-order valence-corrected chi connectivity index (χ4v) is 3.72. The molecule has 3 aromatic rings. The van der Waals surface area contributed by atoms with Crippen LogP contribution in [0, 0.1) is 11.7 Å². The average Bonchev–Trinajstić information content (AvgIpc) is 2.75. The fourth-order valence-electron chi connectivity index (χ4n) is 3.72. The molecule has 0 saturated carbocycles. The zero-order chi connectivity index (χ0) is 21.3. The molecule has 1 aliphatic rings. The highest BCUT2D eigenvalue weighted by atomic mass is 19.1. The summed E-state index contributed by atoms with van der Waals surface area (Å²) in [4.78, 5) is 38.7. The number of hydrogen-bond donors (Lipinski definition) is 0. The predicted octanol–water partition coefficient (Wildman–Crippen LogP) is 2.55. The quantitative estimate of drug-likeness (QED) is 0.662. The molecular formula is C22H24FN5O2. The third-order valence-corrected chi connectivity index (χ3v) is 5.21. The second kappa shape index (κ2) is 8.22. The number of halogens is 1. The first-order valence-corrected chi connectivity index (χ1v) is 10.1. The van der Waals surface area contributed by atoms with Crippen molar-refractivity contribution in [3.05, 3.63) is 64.5 Å². The zero-order valence-corrected chi connectivity index (χ0v) is 17.1. The molecule has 0 atom stereocenters. The van der Waals surface area contributed by atoms with Crippen molar-refractivity contribution in [2.75, 3.05) is 31.1 Å². The first-order valence-electron chi connectivity index (χ1n) is 10.1. The van der Waals surface area contributed by atoms with Crippen molar-refractivity contribution in [3.63, 3.8) is 0 Å². The van der Waals surface area contributed by atoms with Gasteiger partial charge in [-0.25, -0.2) is 14.4 Å². The third kappa shape index (κ3) is 3.90. The maximum Gasteiger partial charge on any atom is 0.283 e. The Morgan fingerprint density at radius 1 is 1.10 bits per heavy atom. The monoisotopic (exact) mass is 409 g/mol. The molecule has 1 amide bonds. The van der Waals surface area contributed by atoms with Gasteiger partial charge in [0.15, 0.2) is 11.3 Å². The Hall–Kier alpha value is -3.29. The average molecular weight is 409 g/mol. The van der Waals surface area contributed by atoms with Gasteiger partial charge in [0.25, 0.3) is 11.5 Å². The first-order chi connectivity index (χ1) is 14.4. The minimum atomic E-state index is -0.402. The van der Waals surface area contributed by atoms with Crippen LogP contribution in [0.1, 0.15) is 24.3 Å². The summed E-state index contributed by atoms with van der Waals surface area (Å²) in [7, 11) is 0. The molecule has 30 heavy (non-hydrogen) atoms. The van der Waals surface area contributed by atoms with Crippen LogP contribution in [-0.2, 0) is 6.54 Å². The summed E-state index contributed by atoms with van der Waals surface area (Å²) in [6.45, 7) is 6.63. The molecular weight excluding hydrogens is 385 g/mol. The van der Waals surface area contributed by atoms with E-state index in [9.17, 15) is 14.0 Å². The number of anilines is 1. The first kappa shape index (κ1) is 20.0. The largest absolute Gasteiger partial charge is 0.368 e. The highest BCUT2D eigenvalue weighted by Crippen LogP contribution is 2.18. The van der Waals surface area contributed by atoms with Crippen LogP contribution in [0.5, 0.6) is 0 Å². The normalized spacial score (nSPS) is 14.5. The minimum absolute atomic E-state index is 0.0635. The number of amides is 1. The molecule has 1 fully saturated rings. The summed E-state index contributed by atoms with van der Waals surface area (Å²) in [5, 5.41) is 0. The lowest BCUT2D eigenvalue weighted by Crippen LogP contribution is -2.50. The Morgan fingerprint density at radius 3 is 2.47 bits per heavy atom. The summed E-state index contributed by atoms with van der Waals surface area (Å²) in [5.74, 6) is -0.415. The van der Waals surface area contributed by atoms with E-state index in [0.29, 0.717) is 43.9 Å². The number of piperazine rings is 1. The van der Waals surface area contributed by atoms with Crippen LogP contribution in [0.25, 0.3) is 11.2 Å². The number of nitrogens with zero attached hydrogens (tertiary/aromatic N) is 5. The van der Waals surface area contributed by atoms with Crippen LogP contribution in [0.3, 0.4) is 0 Å². The molecule has 7 nitrogen and oxygen atoms in total. The van der Waals surface area contributed by atoms with E-state index in [-0.39, 0.29) is 23.3 Å². The number of hydrogen-bond acceptors (Lipinski definition) is 5. The van der Waals surface area contributed by atoms with Crippen molar-refractivity contribution >= 4 is 22.8 Å². The molecule has 156 valence electrons. The van der Waals surface area contributed by atoms with Gasteiger partial charge in [-0.15, -0.1) is 0 Å². The SMILES string of the molecule is CC(C)Cn1c(=O)c(C(=O)N2CCN(c3ccc(F)cc3)CC2)nc2cccnc21. The van der Waals surface area contributed by atoms with Crippen molar-refractivity contribution in [3.8, 4) is 0 Å². The molecule has 1 aromatic carbocycles. The molecule has 1 aliphatic heterocycles. The molecule has 1 saturated heterocycles. The van der Waals surface area contributed by atoms with Gasteiger partial charge < -0.3 is 9.80 Å². The van der Waals surface area contributed by atoms with Crippen molar-refractivity contribution in [1.82, 2.24) is 19.4 Å². The van der Waals surface area contributed by atoms with Crippen molar-refractivity contribution < 1.29 is 9.18 Å². The second-order valence-electron chi connectivity index (χ2n) is 7.87. The van der Waals surface area contributed by atoms with Crippen molar-refractivity contribution in [2.24, 2.45) is 5.92 Å². The van der Waals surface area contributed by atoms with Crippen LogP contribution in [0.2, 0.25) is 0 Å². The minimum Gasteiger partial charge on any atom is -0.368 e. The van der Waals surface area contributed by atoms with Gasteiger partial charge in [-0.05, 0) is 42.3 Å².